The van der Waals surface area contributed by atoms with Crippen LogP contribution in [0, 0.1) is 13.8 Å². The minimum absolute atomic E-state index is 0.0165. The van der Waals surface area contributed by atoms with Crippen molar-refractivity contribution < 1.29 is 14.7 Å². The van der Waals surface area contributed by atoms with Crippen molar-refractivity contribution in [3.8, 4) is 0 Å². The summed E-state index contributed by atoms with van der Waals surface area (Å²) in [5.74, 6) is -0.0430. The largest absolute Gasteiger partial charge is 0.392 e. The van der Waals surface area contributed by atoms with Crippen molar-refractivity contribution in [2.75, 3.05) is 13.1 Å². The summed E-state index contributed by atoms with van der Waals surface area (Å²) in [4.78, 5) is 29.4. The molecule has 0 aliphatic carbocycles. The third-order valence-electron chi connectivity index (χ3n) is 4.39. The van der Waals surface area contributed by atoms with Gasteiger partial charge in [-0.3, -0.25) is 14.5 Å². The molecule has 21 heavy (non-hydrogen) atoms. The van der Waals surface area contributed by atoms with Gasteiger partial charge >= 0.3 is 0 Å². The summed E-state index contributed by atoms with van der Waals surface area (Å²) in [6, 6.07) is -0.295. The Balaban J connectivity index is 2.23. The van der Waals surface area contributed by atoms with Gasteiger partial charge in [-0.05, 0) is 52.6 Å². The van der Waals surface area contributed by atoms with E-state index >= 15 is 0 Å². The van der Waals surface area contributed by atoms with Crippen LogP contribution >= 0.6 is 0 Å². The van der Waals surface area contributed by atoms with E-state index in [1.165, 1.54) is 6.92 Å². The van der Waals surface area contributed by atoms with E-state index in [0.717, 1.165) is 30.6 Å². The molecule has 0 bridgehead atoms. The topological polar surface area (TPSA) is 73.4 Å². The number of aryl methyl sites for hydroxylation is 1. The number of aliphatic hydroxyl groups excluding tert-OH is 1. The summed E-state index contributed by atoms with van der Waals surface area (Å²) in [6.45, 7) is 8.36. The lowest BCUT2D eigenvalue weighted by Crippen LogP contribution is -2.47. The average Bonchev–Trinajstić information content (AvgIpc) is 2.72. The van der Waals surface area contributed by atoms with E-state index in [1.807, 2.05) is 25.7 Å². The number of hydrogen-bond donors (Lipinski definition) is 2. The molecule has 1 aromatic heterocycles. The standard InChI is InChI=1S/C16H24N2O3/c1-9-14(12(4)19)10(2)17-15(9)16(21)11(3)18-7-5-6-13(20)8-18/h11,13,17,20H,5-8H2,1-4H3. The first-order valence-electron chi connectivity index (χ1n) is 7.49. The number of ketones is 2. The second-order valence-electron chi connectivity index (χ2n) is 6.01. The number of nitrogens with one attached hydrogen (secondary N) is 1. The van der Waals surface area contributed by atoms with Gasteiger partial charge in [0.05, 0.1) is 17.8 Å². The number of rotatable bonds is 4. The lowest BCUT2D eigenvalue weighted by Gasteiger charge is -2.33. The maximum Gasteiger partial charge on any atom is 0.196 e. The predicted octanol–water partition coefficient (Wildman–Crippen LogP) is 1.86. The zero-order valence-electron chi connectivity index (χ0n) is 13.2. The molecule has 0 saturated carbocycles. The third kappa shape index (κ3) is 3.09. The zero-order chi connectivity index (χ0) is 15.7. The number of H-pyrrole nitrogens is 1. The van der Waals surface area contributed by atoms with E-state index < -0.39 is 0 Å². The van der Waals surface area contributed by atoms with E-state index in [1.54, 1.807) is 0 Å². The van der Waals surface area contributed by atoms with Gasteiger partial charge in [-0.1, -0.05) is 0 Å². The Labute approximate surface area is 125 Å². The van der Waals surface area contributed by atoms with Crippen molar-refractivity contribution in [2.45, 2.75) is 52.7 Å². The van der Waals surface area contributed by atoms with Crippen molar-refractivity contribution >= 4 is 11.6 Å². The van der Waals surface area contributed by atoms with Gasteiger partial charge in [0.1, 0.15) is 0 Å². The molecule has 1 fully saturated rings. The molecule has 0 radical (unpaired) electrons. The minimum atomic E-state index is -0.353. The van der Waals surface area contributed by atoms with Crippen LogP contribution in [-0.4, -0.2) is 51.8 Å². The van der Waals surface area contributed by atoms with Crippen LogP contribution in [0.1, 0.15) is 58.8 Å². The second-order valence-corrected chi connectivity index (χ2v) is 6.01. The van der Waals surface area contributed by atoms with Gasteiger partial charge in [0.2, 0.25) is 0 Å². The molecule has 0 amide bonds. The first-order chi connectivity index (χ1) is 9.82. The molecule has 2 unspecified atom stereocenters. The molecule has 2 atom stereocenters. The summed E-state index contributed by atoms with van der Waals surface area (Å²) in [7, 11) is 0. The number of β-amino-alcohol motifs (C(OH)–C–C–N with tert-alkyl or cyclic N) is 1. The third-order valence-corrected chi connectivity index (χ3v) is 4.39. The maximum atomic E-state index is 12.7. The number of aromatic nitrogens is 1. The molecule has 0 aromatic carbocycles. The number of likely N-dealkylation sites (tertiary alicyclic amines) is 1. The monoisotopic (exact) mass is 292 g/mol. The average molecular weight is 292 g/mol. The highest BCUT2D eigenvalue weighted by Crippen LogP contribution is 2.22. The van der Waals surface area contributed by atoms with Gasteiger partial charge in [0, 0.05) is 17.8 Å². The summed E-state index contributed by atoms with van der Waals surface area (Å²) in [5.41, 5.74) is 2.61. The van der Waals surface area contributed by atoms with E-state index in [-0.39, 0.29) is 23.7 Å². The molecule has 2 heterocycles. The molecule has 1 aromatic rings. The second kappa shape index (κ2) is 6.12. The van der Waals surface area contributed by atoms with Crippen LogP contribution in [0.25, 0.3) is 0 Å². The van der Waals surface area contributed by atoms with Gasteiger partial charge in [-0.15, -0.1) is 0 Å². The zero-order valence-corrected chi connectivity index (χ0v) is 13.2. The van der Waals surface area contributed by atoms with Crippen molar-refractivity contribution in [3.05, 3.63) is 22.5 Å². The number of aliphatic hydroxyl groups is 1. The van der Waals surface area contributed by atoms with Gasteiger partial charge in [-0.25, -0.2) is 0 Å². The fourth-order valence-corrected chi connectivity index (χ4v) is 3.23. The molecule has 5 nitrogen and oxygen atoms in total. The first-order valence-corrected chi connectivity index (χ1v) is 7.49. The Morgan fingerprint density at radius 1 is 1.38 bits per heavy atom. The molecule has 1 saturated heterocycles. The maximum absolute atomic E-state index is 12.7. The molecule has 5 heteroatoms. The quantitative estimate of drug-likeness (QED) is 0.831. The normalized spacial score (nSPS) is 21.3. The number of Topliss-reactive ketones (excluding diaryl/α,β-unsaturated/α-hetero) is 2. The van der Waals surface area contributed by atoms with Crippen molar-refractivity contribution in [1.29, 1.82) is 0 Å². The van der Waals surface area contributed by atoms with Crippen LogP contribution in [0.4, 0.5) is 0 Å². The molecule has 0 spiro atoms. The van der Waals surface area contributed by atoms with Gasteiger partial charge in [-0.2, -0.15) is 0 Å². The van der Waals surface area contributed by atoms with Crippen LogP contribution in [0.2, 0.25) is 0 Å². The fraction of sp³-hybridized carbons (Fsp3) is 0.625. The smallest absolute Gasteiger partial charge is 0.196 e. The number of nitrogens with zero attached hydrogens (tertiary/aromatic N) is 1. The summed E-state index contributed by atoms with van der Waals surface area (Å²) in [5, 5.41) is 9.75. The van der Waals surface area contributed by atoms with E-state index in [4.69, 9.17) is 0 Å². The Morgan fingerprint density at radius 2 is 2.05 bits per heavy atom. The molecular weight excluding hydrogens is 268 g/mol. The van der Waals surface area contributed by atoms with Crippen LogP contribution < -0.4 is 0 Å². The molecule has 116 valence electrons. The number of carbonyl (C=O) groups is 2. The number of piperidine rings is 1. The van der Waals surface area contributed by atoms with E-state index in [0.29, 0.717) is 17.8 Å². The number of hydrogen-bond acceptors (Lipinski definition) is 4. The molecule has 2 rings (SSSR count). The molecular formula is C16H24N2O3. The Morgan fingerprint density at radius 3 is 2.57 bits per heavy atom. The molecule has 2 N–H and O–H groups in total. The van der Waals surface area contributed by atoms with Gasteiger partial charge in [0.15, 0.2) is 11.6 Å². The van der Waals surface area contributed by atoms with Crippen molar-refractivity contribution in [2.24, 2.45) is 0 Å². The van der Waals surface area contributed by atoms with Gasteiger partial charge in [0.25, 0.3) is 0 Å². The number of carbonyl (C=O) groups excluding carboxylic acids is 2. The highest BCUT2D eigenvalue weighted by molar-refractivity contribution is 6.05. The Bertz CT molecular complexity index is 562. The minimum Gasteiger partial charge on any atom is -0.392 e. The SMILES string of the molecule is CC(=O)c1c(C)[nH]c(C(=O)C(C)N2CCCC(O)C2)c1C. The van der Waals surface area contributed by atoms with E-state index in [9.17, 15) is 14.7 Å². The van der Waals surface area contributed by atoms with Crippen molar-refractivity contribution in [1.82, 2.24) is 9.88 Å². The lowest BCUT2D eigenvalue weighted by atomic mass is 10.00. The highest BCUT2D eigenvalue weighted by atomic mass is 16.3. The summed E-state index contributed by atoms with van der Waals surface area (Å²) < 4.78 is 0. The van der Waals surface area contributed by atoms with Crippen LogP contribution in [-0.2, 0) is 0 Å². The molecule has 1 aliphatic rings. The summed E-state index contributed by atoms with van der Waals surface area (Å²) in [6.07, 6.45) is 1.35. The fourth-order valence-electron chi connectivity index (χ4n) is 3.23. The van der Waals surface area contributed by atoms with Crippen LogP contribution in [0.3, 0.4) is 0 Å². The highest BCUT2D eigenvalue weighted by Gasteiger charge is 2.30. The Hall–Kier alpha value is -1.46. The van der Waals surface area contributed by atoms with Crippen molar-refractivity contribution in [3.63, 3.8) is 0 Å². The predicted molar refractivity (Wildman–Crippen MR) is 80.9 cm³/mol. The molecule has 1 aliphatic heterocycles. The Kier molecular flexibility index (Phi) is 4.64. The van der Waals surface area contributed by atoms with Gasteiger partial charge < -0.3 is 10.1 Å². The lowest BCUT2D eigenvalue weighted by molar-refractivity contribution is 0.0452. The van der Waals surface area contributed by atoms with Crippen LogP contribution in [0.15, 0.2) is 0 Å². The first kappa shape index (κ1) is 15.9. The number of aromatic amines is 1. The summed E-state index contributed by atoms with van der Waals surface area (Å²) >= 11 is 0. The van der Waals surface area contributed by atoms with E-state index in [2.05, 4.69) is 4.98 Å². The van der Waals surface area contributed by atoms with Crippen LogP contribution in [0.5, 0.6) is 0 Å².